The second-order valence-electron chi connectivity index (χ2n) is 5.59. The van der Waals surface area contributed by atoms with Gasteiger partial charge in [-0.25, -0.2) is 0 Å². The van der Waals surface area contributed by atoms with Gasteiger partial charge in [-0.3, -0.25) is 0 Å². The van der Waals surface area contributed by atoms with E-state index in [0.29, 0.717) is 6.61 Å². The van der Waals surface area contributed by atoms with Crippen LogP contribution in [0, 0.1) is 17.2 Å². The summed E-state index contributed by atoms with van der Waals surface area (Å²) in [6.07, 6.45) is -4.79. The van der Waals surface area contributed by atoms with Crippen molar-refractivity contribution in [3.8, 4) is 11.8 Å². The fourth-order valence-corrected chi connectivity index (χ4v) is 1.96. The standard InChI is InChI=1S/C16H21F3N2O3/c1-11(2)15(22,16(17,18)19)10-21-13-8-12(9-20)4-5-14(13)24-7-6-23-3/h4-5,8,11,21-22H,6-7,10H2,1-3H3. The lowest BCUT2D eigenvalue weighted by atomic mass is 9.89. The average Bonchev–Trinajstić information content (AvgIpc) is 2.52. The van der Waals surface area contributed by atoms with E-state index < -0.39 is 24.2 Å². The van der Waals surface area contributed by atoms with Crippen LogP contribution in [-0.4, -0.2) is 43.8 Å². The number of rotatable bonds is 8. The minimum atomic E-state index is -4.79. The van der Waals surface area contributed by atoms with Crippen molar-refractivity contribution in [1.29, 1.82) is 5.26 Å². The van der Waals surface area contributed by atoms with Crippen LogP contribution in [0.25, 0.3) is 0 Å². The van der Waals surface area contributed by atoms with Crippen molar-refractivity contribution < 1.29 is 27.8 Å². The zero-order chi connectivity index (χ0) is 18.4. The van der Waals surface area contributed by atoms with E-state index in [2.05, 4.69) is 5.32 Å². The van der Waals surface area contributed by atoms with Gasteiger partial charge in [-0.05, 0) is 24.1 Å². The van der Waals surface area contributed by atoms with Gasteiger partial charge in [0.25, 0.3) is 0 Å². The van der Waals surface area contributed by atoms with Gasteiger partial charge in [-0.15, -0.1) is 0 Å². The van der Waals surface area contributed by atoms with E-state index in [9.17, 15) is 18.3 Å². The lowest BCUT2D eigenvalue weighted by molar-refractivity contribution is -0.269. The summed E-state index contributed by atoms with van der Waals surface area (Å²) in [6.45, 7) is 2.32. The predicted octanol–water partition coefficient (Wildman–Crippen LogP) is 2.94. The molecule has 0 aliphatic carbocycles. The van der Waals surface area contributed by atoms with E-state index in [1.807, 2.05) is 6.07 Å². The number of nitrogens with zero attached hydrogens (tertiary/aromatic N) is 1. The lowest BCUT2D eigenvalue weighted by Crippen LogP contribution is -2.54. The lowest BCUT2D eigenvalue weighted by Gasteiger charge is -2.34. The highest BCUT2D eigenvalue weighted by Crippen LogP contribution is 2.37. The van der Waals surface area contributed by atoms with Gasteiger partial charge in [-0.2, -0.15) is 18.4 Å². The van der Waals surface area contributed by atoms with Crippen LogP contribution in [0.15, 0.2) is 18.2 Å². The summed E-state index contributed by atoms with van der Waals surface area (Å²) in [5, 5.41) is 21.5. The number of nitrogens with one attached hydrogen (secondary N) is 1. The maximum atomic E-state index is 13.2. The molecule has 0 amide bonds. The monoisotopic (exact) mass is 346 g/mol. The highest BCUT2D eigenvalue weighted by Gasteiger charge is 2.55. The third kappa shape index (κ3) is 4.76. The van der Waals surface area contributed by atoms with Gasteiger partial charge >= 0.3 is 6.18 Å². The van der Waals surface area contributed by atoms with Crippen LogP contribution in [0.4, 0.5) is 18.9 Å². The predicted molar refractivity (Wildman–Crippen MR) is 82.9 cm³/mol. The van der Waals surface area contributed by atoms with Crippen LogP contribution in [0.1, 0.15) is 19.4 Å². The molecule has 5 nitrogen and oxygen atoms in total. The van der Waals surface area contributed by atoms with E-state index in [1.165, 1.54) is 39.2 Å². The molecule has 0 saturated carbocycles. The van der Waals surface area contributed by atoms with Crippen LogP contribution in [0.5, 0.6) is 5.75 Å². The SMILES string of the molecule is COCCOc1ccc(C#N)cc1NCC(O)(C(C)C)C(F)(F)F. The number of methoxy groups -OCH3 is 1. The number of anilines is 1. The molecule has 0 heterocycles. The van der Waals surface area contributed by atoms with Gasteiger partial charge in [0.1, 0.15) is 12.4 Å². The first-order valence-corrected chi connectivity index (χ1v) is 7.34. The molecule has 1 unspecified atom stereocenters. The molecule has 134 valence electrons. The fourth-order valence-electron chi connectivity index (χ4n) is 1.96. The van der Waals surface area contributed by atoms with Gasteiger partial charge in [-0.1, -0.05) is 13.8 Å². The molecule has 1 rings (SSSR count). The summed E-state index contributed by atoms with van der Waals surface area (Å²) < 4.78 is 49.8. The summed E-state index contributed by atoms with van der Waals surface area (Å²) in [5.74, 6) is -0.777. The quantitative estimate of drug-likeness (QED) is 0.708. The fraction of sp³-hybridized carbons (Fsp3) is 0.562. The van der Waals surface area contributed by atoms with Crippen molar-refractivity contribution in [2.45, 2.75) is 25.6 Å². The number of hydrogen-bond donors (Lipinski definition) is 2. The highest BCUT2D eigenvalue weighted by molar-refractivity contribution is 5.60. The molecule has 1 atom stereocenters. The first kappa shape index (κ1) is 20.1. The minimum Gasteiger partial charge on any atom is -0.489 e. The zero-order valence-corrected chi connectivity index (χ0v) is 13.8. The molecule has 0 saturated heterocycles. The Morgan fingerprint density at radius 3 is 2.46 bits per heavy atom. The molecular formula is C16H21F3N2O3. The summed E-state index contributed by atoms with van der Waals surface area (Å²) in [6, 6.07) is 6.26. The topological polar surface area (TPSA) is 74.5 Å². The Labute approximate surface area is 139 Å². The van der Waals surface area contributed by atoms with Crippen LogP contribution in [0.3, 0.4) is 0 Å². The number of benzene rings is 1. The highest BCUT2D eigenvalue weighted by atomic mass is 19.4. The van der Waals surface area contributed by atoms with Crippen LogP contribution in [-0.2, 0) is 4.74 Å². The van der Waals surface area contributed by atoms with Gasteiger partial charge in [0.15, 0.2) is 5.60 Å². The van der Waals surface area contributed by atoms with Crippen molar-refractivity contribution in [3.63, 3.8) is 0 Å². The van der Waals surface area contributed by atoms with Crippen LogP contribution < -0.4 is 10.1 Å². The van der Waals surface area contributed by atoms with E-state index in [4.69, 9.17) is 14.7 Å². The largest absolute Gasteiger partial charge is 0.489 e. The number of nitriles is 1. The number of aliphatic hydroxyl groups is 1. The molecule has 0 aliphatic rings. The van der Waals surface area contributed by atoms with Crippen molar-refractivity contribution in [3.05, 3.63) is 23.8 Å². The molecule has 0 aromatic heterocycles. The normalized spacial score (nSPS) is 14.1. The zero-order valence-electron chi connectivity index (χ0n) is 13.8. The Bertz CT molecular complexity index is 585. The van der Waals surface area contributed by atoms with Crippen molar-refractivity contribution >= 4 is 5.69 Å². The Balaban J connectivity index is 3.01. The van der Waals surface area contributed by atoms with Gasteiger partial charge in [0, 0.05) is 7.11 Å². The molecule has 1 aromatic rings. The van der Waals surface area contributed by atoms with Gasteiger partial charge < -0.3 is 19.9 Å². The molecule has 0 aliphatic heterocycles. The van der Waals surface area contributed by atoms with Crippen LogP contribution >= 0.6 is 0 Å². The molecule has 1 aromatic carbocycles. The number of ether oxygens (including phenoxy) is 2. The second-order valence-corrected chi connectivity index (χ2v) is 5.59. The molecule has 0 fully saturated rings. The molecule has 2 N–H and O–H groups in total. The molecule has 8 heteroatoms. The molecule has 0 spiro atoms. The molecular weight excluding hydrogens is 325 g/mol. The molecule has 0 bridgehead atoms. The molecule has 0 radical (unpaired) electrons. The summed E-state index contributed by atoms with van der Waals surface area (Å²) >= 11 is 0. The van der Waals surface area contributed by atoms with Gasteiger partial charge in [0.2, 0.25) is 0 Å². The minimum absolute atomic E-state index is 0.199. The van der Waals surface area contributed by atoms with Crippen molar-refractivity contribution in [2.75, 3.05) is 32.2 Å². The maximum Gasteiger partial charge on any atom is 0.419 e. The average molecular weight is 346 g/mol. The Morgan fingerprint density at radius 2 is 1.96 bits per heavy atom. The van der Waals surface area contributed by atoms with E-state index in [0.717, 1.165) is 0 Å². The third-order valence-corrected chi connectivity index (χ3v) is 3.65. The second kappa shape index (κ2) is 8.22. The number of alkyl halides is 3. The molecule has 24 heavy (non-hydrogen) atoms. The third-order valence-electron chi connectivity index (χ3n) is 3.65. The first-order chi connectivity index (χ1) is 11.2. The van der Waals surface area contributed by atoms with Crippen LogP contribution in [0.2, 0.25) is 0 Å². The number of hydrogen-bond acceptors (Lipinski definition) is 5. The Morgan fingerprint density at radius 1 is 1.29 bits per heavy atom. The Hall–Kier alpha value is -1.98. The van der Waals surface area contributed by atoms with Crippen molar-refractivity contribution in [1.82, 2.24) is 0 Å². The summed E-state index contributed by atoms with van der Waals surface area (Å²) in [7, 11) is 1.49. The van der Waals surface area contributed by atoms with E-state index in [1.54, 1.807) is 0 Å². The summed E-state index contributed by atoms with van der Waals surface area (Å²) in [4.78, 5) is 0. The summed E-state index contributed by atoms with van der Waals surface area (Å²) in [5.41, 5.74) is -2.44. The number of halogens is 3. The maximum absolute atomic E-state index is 13.2. The Kier molecular flexibility index (Phi) is 6.87. The van der Waals surface area contributed by atoms with Crippen molar-refractivity contribution in [2.24, 2.45) is 5.92 Å². The smallest absolute Gasteiger partial charge is 0.419 e. The van der Waals surface area contributed by atoms with E-state index >= 15 is 0 Å². The first-order valence-electron chi connectivity index (χ1n) is 7.34. The van der Waals surface area contributed by atoms with Gasteiger partial charge in [0.05, 0.1) is 30.5 Å². The van der Waals surface area contributed by atoms with E-state index in [-0.39, 0.29) is 23.6 Å².